The monoisotopic (exact) mass is 446 g/mol. The number of carbonyl (C=O) groups excluding carboxylic acids is 2. The molecule has 0 spiro atoms. The minimum atomic E-state index is -0.438. The highest BCUT2D eigenvalue weighted by Crippen LogP contribution is 2.22. The third-order valence-corrected chi connectivity index (χ3v) is 7.24. The smallest absolute Gasteiger partial charge is 0.246 e. The second-order valence-corrected chi connectivity index (χ2v) is 9.41. The number of nitrogens with zero attached hydrogens (tertiary/aromatic N) is 3. The molecule has 3 aromatic rings. The molecule has 3 heterocycles. The summed E-state index contributed by atoms with van der Waals surface area (Å²) in [7, 11) is 0. The van der Waals surface area contributed by atoms with E-state index in [9.17, 15) is 9.59 Å². The number of fused-ring (bicyclic) bond motifs is 2. The summed E-state index contributed by atoms with van der Waals surface area (Å²) >= 11 is 1.68. The maximum absolute atomic E-state index is 13.0. The Morgan fingerprint density at radius 3 is 2.75 bits per heavy atom. The van der Waals surface area contributed by atoms with Crippen LogP contribution in [0.2, 0.25) is 0 Å². The van der Waals surface area contributed by atoms with Crippen molar-refractivity contribution in [3.63, 3.8) is 0 Å². The molecule has 6 nitrogen and oxygen atoms in total. The zero-order chi connectivity index (χ0) is 21.9. The average Bonchev–Trinajstić information content (AvgIpc) is 2.83. The first kappa shape index (κ1) is 21.0. The van der Waals surface area contributed by atoms with Crippen LogP contribution in [0.1, 0.15) is 11.1 Å². The molecule has 2 saturated heterocycles. The van der Waals surface area contributed by atoms with E-state index >= 15 is 0 Å². The van der Waals surface area contributed by atoms with E-state index in [0.29, 0.717) is 18.8 Å². The number of thioether (sulfide) groups is 1. The van der Waals surface area contributed by atoms with Crippen LogP contribution in [0.15, 0.2) is 66.9 Å². The SMILES string of the molecule is O=C1N[C@@H](CSCc2ccccc2)C(=O)N2CCN(Cc3ccc4ncccc4c3)C[C@H]12. The molecule has 32 heavy (non-hydrogen) atoms. The fourth-order valence-electron chi connectivity index (χ4n) is 4.46. The van der Waals surface area contributed by atoms with Crippen molar-refractivity contribution < 1.29 is 9.59 Å². The van der Waals surface area contributed by atoms with E-state index in [1.807, 2.05) is 30.3 Å². The third-order valence-electron chi connectivity index (χ3n) is 6.13. The Morgan fingerprint density at radius 1 is 1.00 bits per heavy atom. The van der Waals surface area contributed by atoms with Gasteiger partial charge in [-0.2, -0.15) is 11.8 Å². The molecule has 0 unspecified atom stereocenters. The first-order chi connectivity index (χ1) is 15.7. The Labute approximate surface area is 192 Å². The van der Waals surface area contributed by atoms with Crippen LogP contribution in [0.4, 0.5) is 0 Å². The summed E-state index contributed by atoms with van der Waals surface area (Å²) in [6.45, 7) is 2.68. The summed E-state index contributed by atoms with van der Waals surface area (Å²) in [5.41, 5.74) is 3.40. The summed E-state index contributed by atoms with van der Waals surface area (Å²) < 4.78 is 0. The zero-order valence-corrected chi connectivity index (χ0v) is 18.6. The Morgan fingerprint density at radius 2 is 1.88 bits per heavy atom. The molecule has 164 valence electrons. The van der Waals surface area contributed by atoms with Crippen LogP contribution in [0.5, 0.6) is 0 Å². The van der Waals surface area contributed by atoms with Gasteiger partial charge in [0.15, 0.2) is 0 Å². The number of pyridine rings is 1. The molecule has 1 N–H and O–H groups in total. The van der Waals surface area contributed by atoms with Gasteiger partial charge in [-0.05, 0) is 29.3 Å². The average molecular weight is 447 g/mol. The van der Waals surface area contributed by atoms with Gasteiger partial charge in [0, 0.05) is 49.3 Å². The maximum Gasteiger partial charge on any atom is 0.246 e. The largest absolute Gasteiger partial charge is 0.342 e. The maximum atomic E-state index is 13.0. The number of benzene rings is 2. The van der Waals surface area contributed by atoms with Gasteiger partial charge in [0.25, 0.3) is 0 Å². The molecular weight excluding hydrogens is 420 g/mol. The molecule has 2 aliphatic rings. The lowest BCUT2D eigenvalue weighted by molar-refractivity contribution is -0.152. The van der Waals surface area contributed by atoms with Crippen LogP contribution < -0.4 is 5.32 Å². The van der Waals surface area contributed by atoms with Crippen molar-refractivity contribution in [1.82, 2.24) is 20.1 Å². The van der Waals surface area contributed by atoms with Crippen LogP contribution in [0.3, 0.4) is 0 Å². The number of aromatic nitrogens is 1. The summed E-state index contributed by atoms with van der Waals surface area (Å²) in [4.78, 5) is 34.3. The first-order valence-corrected chi connectivity index (χ1v) is 12.1. The topological polar surface area (TPSA) is 65.5 Å². The molecule has 0 bridgehead atoms. The number of carbonyl (C=O) groups is 2. The number of piperazine rings is 2. The van der Waals surface area contributed by atoms with Crippen LogP contribution in [0, 0.1) is 0 Å². The lowest BCUT2D eigenvalue weighted by atomic mass is 10.0. The molecule has 0 saturated carbocycles. The third kappa shape index (κ3) is 4.49. The number of nitrogens with one attached hydrogen (secondary N) is 1. The van der Waals surface area contributed by atoms with Crippen molar-refractivity contribution in [1.29, 1.82) is 0 Å². The zero-order valence-electron chi connectivity index (χ0n) is 17.8. The fourth-order valence-corrected chi connectivity index (χ4v) is 5.47. The fraction of sp³-hybridized carbons (Fsp3) is 0.320. The van der Waals surface area contributed by atoms with E-state index in [-0.39, 0.29) is 11.8 Å². The van der Waals surface area contributed by atoms with Gasteiger partial charge in [0.2, 0.25) is 11.8 Å². The number of amides is 2. The van der Waals surface area contributed by atoms with Crippen LogP contribution in [-0.2, 0) is 21.9 Å². The van der Waals surface area contributed by atoms with Gasteiger partial charge in [-0.25, -0.2) is 0 Å². The molecule has 2 aliphatic heterocycles. The normalized spacial score (nSPS) is 21.4. The van der Waals surface area contributed by atoms with E-state index < -0.39 is 12.1 Å². The highest BCUT2D eigenvalue weighted by Gasteiger charge is 2.43. The van der Waals surface area contributed by atoms with Crippen molar-refractivity contribution in [2.75, 3.05) is 25.4 Å². The molecular formula is C25H26N4O2S. The van der Waals surface area contributed by atoms with E-state index in [4.69, 9.17) is 0 Å². The molecule has 5 rings (SSSR count). The minimum absolute atomic E-state index is 0.0395. The van der Waals surface area contributed by atoms with Gasteiger partial charge >= 0.3 is 0 Å². The van der Waals surface area contributed by atoms with E-state index in [1.54, 1.807) is 22.9 Å². The molecule has 2 atom stereocenters. The highest BCUT2D eigenvalue weighted by molar-refractivity contribution is 7.98. The summed E-state index contributed by atoms with van der Waals surface area (Å²) in [6.07, 6.45) is 1.80. The molecule has 1 aromatic heterocycles. The number of hydrogen-bond donors (Lipinski definition) is 1. The highest BCUT2D eigenvalue weighted by atomic mass is 32.2. The lowest BCUT2D eigenvalue weighted by Gasteiger charge is -2.45. The van der Waals surface area contributed by atoms with Crippen molar-refractivity contribution in [3.8, 4) is 0 Å². The number of rotatable bonds is 6. The second kappa shape index (κ2) is 9.30. The van der Waals surface area contributed by atoms with Gasteiger partial charge in [-0.15, -0.1) is 0 Å². The van der Waals surface area contributed by atoms with Gasteiger partial charge in [-0.1, -0.05) is 42.5 Å². The van der Waals surface area contributed by atoms with Crippen LogP contribution in [0.25, 0.3) is 10.9 Å². The van der Waals surface area contributed by atoms with Gasteiger partial charge in [0.1, 0.15) is 12.1 Å². The minimum Gasteiger partial charge on any atom is -0.342 e. The Hall–Kier alpha value is -2.90. The summed E-state index contributed by atoms with van der Waals surface area (Å²) in [5, 5.41) is 4.09. The van der Waals surface area contributed by atoms with Gasteiger partial charge in [-0.3, -0.25) is 19.5 Å². The molecule has 2 amide bonds. The molecule has 2 fully saturated rings. The van der Waals surface area contributed by atoms with Crippen molar-refractivity contribution in [2.45, 2.75) is 24.4 Å². The van der Waals surface area contributed by atoms with Crippen LogP contribution in [-0.4, -0.2) is 64.1 Å². The standard InChI is InChI=1S/C25H26N4O2S/c30-24-23-15-28(14-19-8-9-21-20(13-19)7-4-10-26-21)11-12-29(23)25(31)22(27-24)17-32-16-18-5-2-1-3-6-18/h1-10,13,22-23H,11-12,14-17H2,(H,27,30)/t22-,23+/m0/s1. The Kier molecular flexibility index (Phi) is 6.10. The molecule has 7 heteroatoms. The second-order valence-electron chi connectivity index (χ2n) is 8.37. The Balaban J connectivity index is 1.18. The van der Waals surface area contributed by atoms with Crippen molar-refractivity contribution in [3.05, 3.63) is 78.0 Å². The Bertz CT molecular complexity index is 1120. The first-order valence-electron chi connectivity index (χ1n) is 11.0. The molecule has 2 aromatic carbocycles. The molecule has 0 aliphatic carbocycles. The predicted molar refractivity (Wildman–Crippen MR) is 127 cm³/mol. The van der Waals surface area contributed by atoms with Gasteiger partial charge in [0.05, 0.1) is 5.52 Å². The van der Waals surface area contributed by atoms with E-state index in [0.717, 1.165) is 29.7 Å². The van der Waals surface area contributed by atoms with Crippen molar-refractivity contribution in [2.24, 2.45) is 0 Å². The van der Waals surface area contributed by atoms with Crippen molar-refractivity contribution >= 4 is 34.5 Å². The van der Waals surface area contributed by atoms with Crippen LogP contribution >= 0.6 is 11.8 Å². The van der Waals surface area contributed by atoms with E-state index in [2.05, 4.69) is 45.5 Å². The lowest BCUT2D eigenvalue weighted by Crippen LogP contribution is -2.69. The van der Waals surface area contributed by atoms with Gasteiger partial charge < -0.3 is 10.2 Å². The quantitative estimate of drug-likeness (QED) is 0.631. The number of hydrogen-bond acceptors (Lipinski definition) is 5. The molecule has 0 radical (unpaired) electrons. The predicted octanol–water partition coefficient (Wildman–Crippen LogP) is 2.68. The summed E-state index contributed by atoms with van der Waals surface area (Å²) in [5.74, 6) is 1.44. The summed E-state index contributed by atoms with van der Waals surface area (Å²) in [6, 6.07) is 19.6. The van der Waals surface area contributed by atoms with E-state index in [1.165, 1.54) is 11.1 Å².